The molecule has 0 N–H and O–H groups in total. The maximum Gasteiger partial charge on any atom is 0.0648 e. The molecule has 0 aliphatic carbocycles. The average molecular weight is 186 g/mol. The Hall–Kier alpha value is -1.57. The molecule has 72 valence electrons. The Balaban J connectivity index is 2.29. The molecule has 2 rings (SSSR count). The second-order valence-corrected chi connectivity index (χ2v) is 3.69. The molecule has 1 atom stereocenters. The zero-order chi connectivity index (χ0) is 10.1. The molecule has 0 aromatic heterocycles. The van der Waals surface area contributed by atoms with E-state index in [4.69, 9.17) is 0 Å². The van der Waals surface area contributed by atoms with Gasteiger partial charge in [0.1, 0.15) is 0 Å². The molecular weight excluding hydrogens is 172 g/mol. The molecule has 0 spiro atoms. The van der Waals surface area contributed by atoms with Gasteiger partial charge in [-0.3, -0.25) is 0 Å². The smallest absolute Gasteiger partial charge is 0.0648 e. The Bertz CT molecular complexity index is 376. The zero-order valence-electron chi connectivity index (χ0n) is 8.57. The highest BCUT2D eigenvalue weighted by Crippen LogP contribution is 2.26. The van der Waals surface area contributed by atoms with Gasteiger partial charge >= 0.3 is 0 Å². The second kappa shape index (κ2) is 3.29. The van der Waals surface area contributed by atoms with Crippen LogP contribution in [0.1, 0.15) is 12.5 Å². The van der Waals surface area contributed by atoms with Crippen LogP contribution in [0, 0.1) is 12.8 Å². The lowest BCUT2D eigenvalue weighted by Gasteiger charge is -2.17. The van der Waals surface area contributed by atoms with Crippen molar-refractivity contribution in [2.24, 2.45) is 11.0 Å². The SMILES string of the molecule is C=C1C(C)C=NN1c1ccc(C)cc1. The Morgan fingerprint density at radius 2 is 1.93 bits per heavy atom. The highest BCUT2D eigenvalue weighted by atomic mass is 15.5. The fraction of sp³-hybridized carbons (Fsp3) is 0.250. The van der Waals surface area contributed by atoms with Gasteiger partial charge in [0, 0.05) is 17.8 Å². The number of hydrogen-bond acceptors (Lipinski definition) is 2. The van der Waals surface area contributed by atoms with Crippen molar-refractivity contribution < 1.29 is 0 Å². The van der Waals surface area contributed by atoms with E-state index in [1.165, 1.54) is 5.56 Å². The Labute approximate surface area is 84.6 Å². The second-order valence-electron chi connectivity index (χ2n) is 3.69. The van der Waals surface area contributed by atoms with Crippen molar-refractivity contribution in [3.05, 3.63) is 42.1 Å². The molecular formula is C12H14N2. The van der Waals surface area contributed by atoms with Crippen molar-refractivity contribution in [3.8, 4) is 0 Å². The molecule has 1 heterocycles. The summed E-state index contributed by atoms with van der Waals surface area (Å²) >= 11 is 0. The predicted molar refractivity (Wildman–Crippen MR) is 60.5 cm³/mol. The summed E-state index contributed by atoms with van der Waals surface area (Å²) in [6, 6.07) is 8.30. The van der Waals surface area contributed by atoms with Crippen LogP contribution in [0.3, 0.4) is 0 Å². The lowest BCUT2D eigenvalue weighted by atomic mass is 10.1. The molecule has 0 saturated heterocycles. The van der Waals surface area contributed by atoms with Gasteiger partial charge in [-0.25, -0.2) is 5.01 Å². The number of anilines is 1. The van der Waals surface area contributed by atoms with Crippen LogP contribution in [0.5, 0.6) is 0 Å². The van der Waals surface area contributed by atoms with Crippen LogP contribution in [0.25, 0.3) is 0 Å². The molecule has 14 heavy (non-hydrogen) atoms. The van der Waals surface area contributed by atoms with Crippen molar-refractivity contribution in [2.75, 3.05) is 5.01 Å². The van der Waals surface area contributed by atoms with Crippen LogP contribution in [-0.2, 0) is 0 Å². The van der Waals surface area contributed by atoms with Crippen molar-refractivity contribution in [2.45, 2.75) is 13.8 Å². The number of hydrazone groups is 1. The fourth-order valence-electron chi connectivity index (χ4n) is 1.44. The van der Waals surface area contributed by atoms with Gasteiger partial charge in [-0.15, -0.1) is 0 Å². The molecule has 0 saturated carbocycles. The standard InChI is InChI=1S/C12H14N2/c1-9-4-6-12(7-5-9)14-11(3)10(2)8-13-14/h4-8,10H,3H2,1-2H3. The maximum absolute atomic E-state index is 4.31. The quantitative estimate of drug-likeness (QED) is 0.658. The van der Waals surface area contributed by atoms with Crippen LogP contribution in [0.2, 0.25) is 0 Å². The largest absolute Gasteiger partial charge is 0.238 e. The number of benzene rings is 1. The van der Waals surface area contributed by atoms with Crippen LogP contribution in [0.15, 0.2) is 41.6 Å². The number of aryl methyl sites for hydroxylation is 1. The third-order valence-electron chi connectivity index (χ3n) is 2.48. The van der Waals surface area contributed by atoms with E-state index >= 15 is 0 Å². The summed E-state index contributed by atoms with van der Waals surface area (Å²) in [5.41, 5.74) is 3.38. The summed E-state index contributed by atoms with van der Waals surface area (Å²) in [6.45, 7) is 8.19. The van der Waals surface area contributed by atoms with E-state index in [1.807, 2.05) is 11.2 Å². The predicted octanol–water partition coefficient (Wildman–Crippen LogP) is 2.95. The molecule has 0 amide bonds. The van der Waals surface area contributed by atoms with Crippen LogP contribution in [0.4, 0.5) is 5.69 Å². The van der Waals surface area contributed by atoms with Gasteiger partial charge in [0.15, 0.2) is 0 Å². The van der Waals surface area contributed by atoms with Crippen molar-refractivity contribution in [3.63, 3.8) is 0 Å². The van der Waals surface area contributed by atoms with E-state index in [0.29, 0.717) is 5.92 Å². The van der Waals surface area contributed by atoms with Gasteiger partial charge in [-0.1, -0.05) is 31.2 Å². The van der Waals surface area contributed by atoms with Crippen LogP contribution < -0.4 is 5.01 Å². The number of nitrogens with zero attached hydrogens (tertiary/aromatic N) is 2. The molecule has 0 bridgehead atoms. The van der Waals surface area contributed by atoms with Crippen molar-refractivity contribution >= 4 is 11.9 Å². The van der Waals surface area contributed by atoms with Gasteiger partial charge in [-0.2, -0.15) is 5.10 Å². The summed E-state index contributed by atoms with van der Waals surface area (Å²) in [5, 5.41) is 6.20. The molecule has 2 heteroatoms. The van der Waals surface area contributed by atoms with Crippen LogP contribution in [-0.4, -0.2) is 6.21 Å². The van der Waals surface area contributed by atoms with E-state index in [-0.39, 0.29) is 0 Å². The molecule has 1 aliphatic rings. The number of rotatable bonds is 1. The van der Waals surface area contributed by atoms with Gasteiger partial charge in [0.25, 0.3) is 0 Å². The topological polar surface area (TPSA) is 15.6 Å². The monoisotopic (exact) mass is 186 g/mol. The Morgan fingerprint density at radius 1 is 1.29 bits per heavy atom. The van der Waals surface area contributed by atoms with Crippen LogP contribution >= 0.6 is 0 Å². The van der Waals surface area contributed by atoms with E-state index in [1.54, 1.807) is 0 Å². The third kappa shape index (κ3) is 1.43. The number of hydrogen-bond donors (Lipinski definition) is 0. The normalized spacial score (nSPS) is 20.6. The van der Waals surface area contributed by atoms with Gasteiger partial charge in [0.2, 0.25) is 0 Å². The minimum atomic E-state index is 0.344. The summed E-state index contributed by atoms with van der Waals surface area (Å²) in [7, 11) is 0. The first kappa shape index (κ1) is 9.00. The minimum Gasteiger partial charge on any atom is -0.238 e. The van der Waals surface area contributed by atoms with Crippen molar-refractivity contribution in [1.82, 2.24) is 0 Å². The molecule has 1 aliphatic heterocycles. The average Bonchev–Trinajstić information content (AvgIpc) is 2.50. The highest BCUT2D eigenvalue weighted by molar-refractivity contribution is 5.74. The maximum atomic E-state index is 4.31. The highest BCUT2D eigenvalue weighted by Gasteiger charge is 2.19. The Morgan fingerprint density at radius 3 is 2.43 bits per heavy atom. The molecule has 0 radical (unpaired) electrons. The molecule has 2 nitrogen and oxygen atoms in total. The molecule has 1 aromatic rings. The first-order chi connectivity index (χ1) is 6.68. The van der Waals surface area contributed by atoms with E-state index in [0.717, 1.165) is 11.4 Å². The minimum absolute atomic E-state index is 0.344. The van der Waals surface area contributed by atoms with Gasteiger partial charge in [0.05, 0.1) is 5.69 Å². The molecule has 1 unspecified atom stereocenters. The summed E-state index contributed by atoms with van der Waals surface area (Å²) in [6.07, 6.45) is 1.92. The fourth-order valence-corrected chi connectivity index (χ4v) is 1.44. The van der Waals surface area contributed by atoms with E-state index < -0.39 is 0 Å². The lowest BCUT2D eigenvalue weighted by Crippen LogP contribution is -2.12. The Kier molecular flexibility index (Phi) is 2.12. The zero-order valence-corrected chi connectivity index (χ0v) is 8.57. The lowest BCUT2D eigenvalue weighted by molar-refractivity contribution is 0.908. The third-order valence-corrected chi connectivity index (χ3v) is 2.48. The first-order valence-corrected chi connectivity index (χ1v) is 4.78. The van der Waals surface area contributed by atoms with Gasteiger partial charge in [-0.05, 0) is 19.1 Å². The number of allylic oxidation sites excluding steroid dienone is 1. The van der Waals surface area contributed by atoms with Crippen molar-refractivity contribution in [1.29, 1.82) is 0 Å². The summed E-state index contributed by atoms with van der Waals surface area (Å²) in [5.74, 6) is 0.344. The summed E-state index contributed by atoms with van der Waals surface area (Å²) < 4.78 is 0. The molecule has 1 aromatic carbocycles. The molecule has 0 fully saturated rings. The van der Waals surface area contributed by atoms with E-state index in [9.17, 15) is 0 Å². The van der Waals surface area contributed by atoms with E-state index in [2.05, 4.69) is 49.8 Å². The van der Waals surface area contributed by atoms with Gasteiger partial charge < -0.3 is 0 Å². The summed E-state index contributed by atoms with van der Waals surface area (Å²) in [4.78, 5) is 0. The first-order valence-electron chi connectivity index (χ1n) is 4.78.